The summed E-state index contributed by atoms with van der Waals surface area (Å²) in [6.07, 6.45) is 0. The summed E-state index contributed by atoms with van der Waals surface area (Å²) in [6.45, 7) is 3.94. The Morgan fingerprint density at radius 2 is 2.21 bits per heavy atom. The topological polar surface area (TPSA) is 74.2 Å². The van der Waals surface area contributed by atoms with Crippen molar-refractivity contribution in [3.8, 4) is 5.75 Å². The van der Waals surface area contributed by atoms with Crippen molar-refractivity contribution in [1.29, 1.82) is 0 Å². The molecule has 0 saturated heterocycles. The van der Waals surface area contributed by atoms with Gasteiger partial charge in [-0.25, -0.2) is 4.79 Å². The second-order valence-corrected chi connectivity index (χ2v) is 5.67. The summed E-state index contributed by atoms with van der Waals surface area (Å²) >= 11 is 0. The third kappa shape index (κ3) is 2.68. The van der Waals surface area contributed by atoms with Gasteiger partial charge in [0.25, 0.3) is 0 Å². The molecule has 0 amide bonds. The first kappa shape index (κ1) is 16.2. The van der Waals surface area contributed by atoms with Gasteiger partial charge in [-0.1, -0.05) is 12.1 Å². The first-order valence-electron chi connectivity index (χ1n) is 7.82. The molecule has 1 aromatic rings. The zero-order valence-electron chi connectivity index (χ0n) is 13.9. The molecule has 0 radical (unpaired) electrons. The van der Waals surface area contributed by atoms with Gasteiger partial charge in [0.05, 0.1) is 25.0 Å². The summed E-state index contributed by atoms with van der Waals surface area (Å²) in [5, 5.41) is 0. The largest absolute Gasteiger partial charge is 0.497 e. The van der Waals surface area contributed by atoms with Crippen molar-refractivity contribution in [2.24, 2.45) is 10.9 Å². The quantitative estimate of drug-likeness (QED) is 0.792. The lowest BCUT2D eigenvalue weighted by atomic mass is 9.76. The number of rotatable bonds is 4. The number of cyclic esters (lactones) is 1. The average Bonchev–Trinajstić information content (AvgIpc) is 2.94. The zero-order valence-corrected chi connectivity index (χ0v) is 13.9. The van der Waals surface area contributed by atoms with Crippen LogP contribution in [0.3, 0.4) is 0 Å². The van der Waals surface area contributed by atoms with E-state index in [-0.39, 0.29) is 13.2 Å². The molecule has 6 heteroatoms. The van der Waals surface area contributed by atoms with Crippen molar-refractivity contribution in [3.63, 3.8) is 0 Å². The highest BCUT2D eigenvalue weighted by molar-refractivity contribution is 6.07. The summed E-state index contributed by atoms with van der Waals surface area (Å²) in [4.78, 5) is 29.2. The molecule has 0 bridgehead atoms. The molecule has 2 heterocycles. The fourth-order valence-corrected chi connectivity index (χ4v) is 3.23. The Labute approximate surface area is 140 Å². The van der Waals surface area contributed by atoms with Gasteiger partial charge >= 0.3 is 11.9 Å². The fraction of sp³-hybridized carbons (Fsp3) is 0.389. The summed E-state index contributed by atoms with van der Waals surface area (Å²) < 4.78 is 15.6. The summed E-state index contributed by atoms with van der Waals surface area (Å²) in [6, 6.07) is 7.34. The first-order chi connectivity index (χ1) is 11.6. The van der Waals surface area contributed by atoms with Gasteiger partial charge in [-0.15, -0.1) is 0 Å². The van der Waals surface area contributed by atoms with Crippen LogP contribution < -0.4 is 4.74 Å². The van der Waals surface area contributed by atoms with E-state index in [1.54, 1.807) is 21.0 Å². The van der Waals surface area contributed by atoms with Gasteiger partial charge in [0.2, 0.25) is 0 Å². The molecule has 2 aliphatic heterocycles. The van der Waals surface area contributed by atoms with Crippen molar-refractivity contribution in [2.45, 2.75) is 19.8 Å². The SMILES string of the molecule is CCOC(=O)C1C(C)=NC2=C(C(=O)OC2)C1c1cccc(OC)c1. The molecule has 6 nitrogen and oxygen atoms in total. The van der Waals surface area contributed by atoms with Crippen molar-refractivity contribution >= 4 is 17.7 Å². The van der Waals surface area contributed by atoms with Gasteiger partial charge in [-0.2, -0.15) is 0 Å². The Morgan fingerprint density at radius 3 is 2.92 bits per heavy atom. The molecule has 0 aliphatic carbocycles. The molecule has 0 fully saturated rings. The average molecular weight is 329 g/mol. The van der Waals surface area contributed by atoms with E-state index in [0.29, 0.717) is 22.7 Å². The Morgan fingerprint density at radius 1 is 1.42 bits per heavy atom. The minimum atomic E-state index is -0.651. The van der Waals surface area contributed by atoms with E-state index in [1.165, 1.54) is 0 Å². The van der Waals surface area contributed by atoms with Crippen LogP contribution in [0.4, 0.5) is 0 Å². The number of carbonyl (C=O) groups is 2. The highest BCUT2D eigenvalue weighted by atomic mass is 16.5. The van der Waals surface area contributed by atoms with Gasteiger partial charge in [0.1, 0.15) is 18.3 Å². The summed E-state index contributed by atoms with van der Waals surface area (Å²) in [5.74, 6) is -1.30. The van der Waals surface area contributed by atoms with Gasteiger partial charge < -0.3 is 14.2 Å². The van der Waals surface area contributed by atoms with Crippen molar-refractivity contribution in [1.82, 2.24) is 0 Å². The highest BCUT2D eigenvalue weighted by Crippen LogP contribution is 2.42. The number of ether oxygens (including phenoxy) is 3. The van der Waals surface area contributed by atoms with E-state index < -0.39 is 23.8 Å². The fourth-order valence-electron chi connectivity index (χ4n) is 3.23. The maximum atomic E-state index is 12.5. The van der Waals surface area contributed by atoms with Crippen LogP contribution in [0.15, 0.2) is 40.5 Å². The normalized spacial score (nSPS) is 22.6. The molecule has 2 atom stereocenters. The Bertz CT molecular complexity index is 750. The molecule has 0 spiro atoms. The molecule has 3 rings (SSSR count). The standard InChI is InChI=1S/C18H19NO5/c1-4-23-17(20)14-10(2)19-13-9-24-18(21)16(13)15(14)11-6-5-7-12(8-11)22-3/h5-8,14-15H,4,9H2,1-3H3. The van der Waals surface area contributed by atoms with Crippen LogP contribution in [0.1, 0.15) is 25.3 Å². The molecule has 0 aromatic heterocycles. The van der Waals surface area contributed by atoms with Crippen molar-refractivity contribution in [3.05, 3.63) is 41.1 Å². The molecule has 126 valence electrons. The number of hydrogen-bond acceptors (Lipinski definition) is 6. The van der Waals surface area contributed by atoms with Crippen LogP contribution in [-0.2, 0) is 19.1 Å². The second-order valence-electron chi connectivity index (χ2n) is 5.67. The highest BCUT2D eigenvalue weighted by Gasteiger charge is 2.45. The minimum Gasteiger partial charge on any atom is -0.497 e. The van der Waals surface area contributed by atoms with Gasteiger partial charge in [-0.3, -0.25) is 9.79 Å². The molecule has 24 heavy (non-hydrogen) atoms. The number of nitrogens with zero attached hydrogens (tertiary/aromatic N) is 1. The van der Waals surface area contributed by atoms with Gasteiger partial charge in [0.15, 0.2) is 0 Å². The summed E-state index contributed by atoms with van der Waals surface area (Å²) in [7, 11) is 1.57. The second kappa shape index (κ2) is 6.47. The van der Waals surface area contributed by atoms with Crippen molar-refractivity contribution in [2.75, 3.05) is 20.3 Å². The molecule has 1 aromatic carbocycles. The van der Waals surface area contributed by atoms with E-state index in [2.05, 4.69) is 4.99 Å². The lowest BCUT2D eigenvalue weighted by molar-refractivity contribution is -0.146. The summed E-state index contributed by atoms with van der Waals surface area (Å²) in [5.41, 5.74) is 2.45. The lowest BCUT2D eigenvalue weighted by Crippen LogP contribution is -2.35. The maximum absolute atomic E-state index is 12.5. The first-order valence-corrected chi connectivity index (χ1v) is 7.82. The van der Waals surface area contributed by atoms with E-state index >= 15 is 0 Å². The molecular weight excluding hydrogens is 310 g/mol. The zero-order chi connectivity index (χ0) is 17.3. The molecule has 2 aliphatic rings. The molecule has 2 unspecified atom stereocenters. The lowest BCUT2D eigenvalue weighted by Gasteiger charge is -2.29. The third-order valence-corrected chi connectivity index (χ3v) is 4.27. The third-order valence-electron chi connectivity index (χ3n) is 4.27. The smallest absolute Gasteiger partial charge is 0.337 e. The number of hydrogen-bond donors (Lipinski definition) is 0. The predicted octanol–water partition coefficient (Wildman–Crippen LogP) is 2.24. The van der Waals surface area contributed by atoms with E-state index in [9.17, 15) is 9.59 Å². The van der Waals surface area contributed by atoms with E-state index in [1.807, 2.05) is 24.3 Å². The van der Waals surface area contributed by atoms with Gasteiger partial charge in [0, 0.05) is 11.6 Å². The number of esters is 2. The van der Waals surface area contributed by atoms with Crippen molar-refractivity contribution < 1.29 is 23.8 Å². The monoisotopic (exact) mass is 329 g/mol. The Kier molecular flexibility index (Phi) is 4.38. The molecule has 0 saturated carbocycles. The van der Waals surface area contributed by atoms with Crippen LogP contribution in [0, 0.1) is 5.92 Å². The van der Waals surface area contributed by atoms with Crippen LogP contribution in [0.2, 0.25) is 0 Å². The van der Waals surface area contributed by atoms with E-state index in [4.69, 9.17) is 14.2 Å². The number of aliphatic imine (C=N–C) groups is 1. The van der Waals surface area contributed by atoms with Crippen LogP contribution in [0.25, 0.3) is 0 Å². The number of benzene rings is 1. The maximum Gasteiger partial charge on any atom is 0.337 e. The van der Waals surface area contributed by atoms with Crippen LogP contribution in [0.5, 0.6) is 5.75 Å². The number of carbonyl (C=O) groups excluding carboxylic acids is 2. The van der Waals surface area contributed by atoms with Crippen LogP contribution >= 0.6 is 0 Å². The van der Waals surface area contributed by atoms with Crippen LogP contribution in [-0.4, -0.2) is 38.0 Å². The predicted molar refractivity (Wildman–Crippen MR) is 87.0 cm³/mol. The van der Waals surface area contributed by atoms with Gasteiger partial charge in [-0.05, 0) is 31.5 Å². The minimum absolute atomic E-state index is 0.140. The number of methoxy groups -OCH3 is 1. The molecular formula is C18H19NO5. The Balaban J connectivity index is 2.13. The molecule has 0 N–H and O–H groups in total. The Hall–Kier alpha value is -2.63. The van der Waals surface area contributed by atoms with E-state index in [0.717, 1.165) is 5.56 Å².